The molecular weight excluding hydrogens is 767 g/mol. The molecule has 3 amide bonds. The largest absolute Gasteiger partial charge is 0.497 e. The molecule has 4 aromatic rings. The number of hydrogen-bond acceptors (Lipinski definition) is 12. The number of nitrogens with zero attached hydrogens (tertiary/aromatic N) is 4. The summed E-state index contributed by atoms with van der Waals surface area (Å²) in [5, 5.41) is 17.8. The Hall–Kier alpha value is -6.10. The highest BCUT2D eigenvalue weighted by atomic mass is 32.2. The highest BCUT2D eigenvalue weighted by molar-refractivity contribution is 7.91. The molecule has 5 atom stereocenters. The molecule has 1 saturated heterocycles. The van der Waals surface area contributed by atoms with Gasteiger partial charge in [-0.25, -0.2) is 13.4 Å². The maximum Gasteiger partial charge on any atom is 0.310 e. The second-order valence-electron chi connectivity index (χ2n) is 16.0. The van der Waals surface area contributed by atoms with Crippen LogP contribution in [0.5, 0.6) is 11.5 Å². The molecule has 3 fully saturated rings. The predicted octanol–water partition coefficient (Wildman–Crippen LogP) is 4.76. The van der Waals surface area contributed by atoms with Crippen LogP contribution in [-0.4, -0.2) is 88.6 Å². The molecule has 2 aromatic carbocycles. The molecule has 17 heteroatoms. The van der Waals surface area contributed by atoms with E-state index in [-0.39, 0.29) is 30.8 Å². The third-order valence-electron chi connectivity index (χ3n) is 10.8. The summed E-state index contributed by atoms with van der Waals surface area (Å²) < 4.78 is 39.9. The lowest BCUT2D eigenvalue weighted by atomic mass is 9.85. The van der Waals surface area contributed by atoms with Gasteiger partial charge in [-0.1, -0.05) is 57.2 Å². The number of carbonyl (C=O) groups is 3. The quantitative estimate of drug-likeness (QED) is 0.0894. The molecule has 0 bridgehead atoms. The van der Waals surface area contributed by atoms with Gasteiger partial charge in [0.1, 0.15) is 47.1 Å². The van der Waals surface area contributed by atoms with E-state index in [9.17, 15) is 32.9 Å². The first kappa shape index (κ1) is 40.1. The molecule has 5 unspecified atom stereocenters. The summed E-state index contributed by atoms with van der Waals surface area (Å²) in [5.41, 5.74) is -0.685. The van der Waals surface area contributed by atoms with Crippen LogP contribution < -0.4 is 24.8 Å². The van der Waals surface area contributed by atoms with Gasteiger partial charge >= 0.3 is 5.69 Å². The van der Waals surface area contributed by atoms with E-state index in [0.717, 1.165) is 11.8 Å². The minimum atomic E-state index is -3.94. The minimum Gasteiger partial charge on any atom is -0.497 e. The first-order valence-corrected chi connectivity index (χ1v) is 20.5. The van der Waals surface area contributed by atoms with Crippen LogP contribution >= 0.6 is 0 Å². The fraction of sp³-hybridized carbons (Fsp3) is 0.390. The third-order valence-corrected chi connectivity index (χ3v) is 12.7. The Kier molecular flexibility index (Phi) is 10.6. The van der Waals surface area contributed by atoms with Gasteiger partial charge in [0.05, 0.1) is 35.0 Å². The van der Waals surface area contributed by atoms with E-state index < -0.39 is 73.0 Å². The maximum atomic E-state index is 14.9. The fourth-order valence-corrected chi connectivity index (χ4v) is 8.72. The monoisotopic (exact) mass is 811 g/mol. The van der Waals surface area contributed by atoms with Gasteiger partial charge in [0.2, 0.25) is 21.8 Å². The van der Waals surface area contributed by atoms with Crippen molar-refractivity contribution in [3.8, 4) is 22.8 Å². The summed E-state index contributed by atoms with van der Waals surface area (Å²) in [6.45, 7) is 9.07. The number of aromatic nitrogens is 2. The van der Waals surface area contributed by atoms with Gasteiger partial charge in [-0.05, 0) is 42.9 Å². The van der Waals surface area contributed by atoms with E-state index in [1.54, 1.807) is 46.1 Å². The lowest BCUT2D eigenvalue weighted by molar-refractivity contribution is -0.384. The van der Waals surface area contributed by atoms with Crippen LogP contribution in [0.4, 0.5) is 11.4 Å². The first-order valence-electron chi connectivity index (χ1n) is 18.9. The maximum absolute atomic E-state index is 14.9. The number of rotatable bonds is 14. The summed E-state index contributed by atoms with van der Waals surface area (Å²) >= 11 is 0. The van der Waals surface area contributed by atoms with Gasteiger partial charge in [-0.2, -0.15) is 0 Å². The Morgan fingerprint density at radius 3 is 2.48 bits per heavy atom. The molecular formula is C41H45N7O9S. The second-order valence-corrected chi connectivity index (χ2v) is 18.0. The number of sulfonamides is 1. The Balaban J connectivity index is 1.24. The van der Waals surface area contributed by atoms with Crippen LogP contribution in [0, 0.1) is 21.4 Å². The number of carbonyl (C=O) groups excluding carboxylic acids is 3. The molecule has 58 heavy (non-hydrogen) atoms. The number of pyridine rings is 2. The van der Waals surface area contributed by atoms with Gasteiger partial charge in [0.25, 0.3) is 5.91 Å². The van der Waals surface area contributed by atoms with E-state index in [2.05, 4.69) is 26.9 Å². The molecule has 2 saturated carbocycles. The van der Waals surface area contributed by atoms with Crippen molar-refractivity contribution in [2.45, 2.75) is 75.4 Å². The van der Waals surface area contributed by atoms with E-state index in [1.807, 2.05) is 36.4 Å². The van der Waals surface area contributed by atoms with Crippen molar-refractivity contribution >= 4 is 50.0 Å². The summed E-state index contributed by atoms with van der Waals surface area (Å²) in [5.74, 6) is -1.65. The van der Waals surface area contributed by atoms with Crippen LogP contribution in [0.15, 0.2) is 85.7 Å². The molecule has 0 spiro atoms. The Labute approximate surface area is 335 Å². The molecule has 3 heterocycles. The van der Waals surface area contributed by atoms with Crippen molar-refractivity contribution in [1.82, 2.24) is 24.9 Å². The minimum absolute atomic E-state index is 0.0126. The molecule has 1 aliphatic heterocycles. The van der Waals surface area contributed by atoms with Gasteiger partial charge < -0.3 is 25.0 Å². The average Bonchev–Trinajstić information content (AvgIpc) is 4.13. The summed E-state index contributed by atoms with van der Waals surface area (Å²) in [6, 6.07) is 15.8. The zero-order chi connectivity index (χ0) is 41.6. The molecule has 0 radical (unpaired) electrons. The topological polar surface area (TPSA) is 212 Å². The van der Waals surface area contributed by atoms with Crippen LogP contribution in [0.25, 0.3) is 22.2 Å². The highest BCUT2D eigenvalue weighted by Crippen LogP contribution is 2.46. The number of amides is 3. The van der Waals surface area contributed by atoms with Gasteiger partial charge in [0, 0.05) is 41.6 Å². The van der Waals surface area contributed by atoms with Crippen molar-refractivity contribution < 1.29 is 37.2 Å². The molecule has 7 rings (SSSR count). The van der Waals surface area contributed by atoms with E-state index in [4.69, 9.17) is 14.5 Å². The summed E-state index contributed by atoms with van der Waals surface area (Å²) in [7, 11) is -2.38. The first-order chi connectivity index (χ1) is 27.5. The lowest BCUT2D eigenvalue weighted by Crippen LogP contribution is -2.58. The normalized spacial score (nSPS) is 22.1. The number of fused-ring (bicyclic) bond motifs is 1. The number of methoxy groups -OCH3 is 1. The molecule has 3 aliphatic rings. The molecule has 304 valence electrons. The highest BCUT2D eigenvalue weighted by Gasteiger charge is 2.62. The Morgan fingerprint density at radius 1 is 1.10 bits per heavy atom. The zero-order valence-corrected chi connectivity index (χ0v) is 33.3. The van der Waals surface area contributed by atoms with Gasteiger partial charge in [-0.15, -0.1) is 6.58 Å². The average molecular weight is 812 g/mol. The Morgan fingerprint density at radius 2 is 1.84 bits per heavy atom. The number of nitrogens with one attached hydrogen (secondary N) is 3. The van der Waals surface area contributed by atoms with E-state index >= 15 is 0 Å². The zero-order valence-electron chi connectivity index (χ0n) is 32.5. The van der Waals surface area contributed by atoms with Crippen LogP contribution in [0.2, 0.25) is 0 Å². The molecule has 2 aliphatic carbocycles. The number of benzene rings is 2. The second kappa shape index (κ2) is 15.3. The Bertz CT molecular complexity index is 2400. The summed E-state index contributed by atoms with van der Waals surface area (Å²) in [6.07, 6.45) is 4.15. The van der Waals surface area contributed by atoms with Crippen LogP contribution in [0.1, 0.15) is 46.5 Å². The number of hydrogen-bond donors (Lipinski definition) is 3. The van der Waals surface area contributed by atoms with E-state index in [0.29, 0.717) is 40.9 Å². The van der Waals surface area contributed by atoms with Crippen molar-refractivity contribution in [2.75, 3.05) is 19.0 Å². The van der Waals surface area contributed by atoms with Crippen molar-refractivity contribution in [1.29, 1.82) is 0 Å². The van der Waals surface area contributed by atoms with Crippen molar-refractivity contribution in [3.05, 3.63) is 95.8 Å². The lowest BCUT2D eigenvalue weighted by Gasteiger charge is -2.36. The SMILES string of the molecule is C=CC1CC1(NC(=O)C1CC(Oc2cc(-c3ccccc3)nc3cc(OC)ccc23)CN1C(=O)C(Nc1ccncc1[N+](=O)[O-])C(C)(C)C)C(=O)NS(=O)(=O)C1CC1. The smallest absolute Gasteiger partial charge is 0.310 e. The molecule has 2 aromatic heterocycles. The number of ether oxygens (including phenoxy) is 2. The van der Waals surface area contributed by atoms with Crippen molar-refractivity contribution in [3.63, 3.8) is 0 Å². The molecule has 3 N–H and O–H groups in total. The van der Waals surface area contributed by atoms with Gasteiger partial charge in [-0.3, -0.25) is 34.2 Å². The standard InChI is InChI=1S/C41H45N7O9S/c1-6-25-21-41(25,39(51)46-58(54,55)28-13-14-28)45-37(49)33-19-27(23-47(33)38(50)36(40(2,3)4)44-30-16-17-42-22-34(30)48(52)53)57-35-20-31(24-10-8-7-9-11-24)43-32-18-26(56-5)12-15-29(32)35/h6-12,15-18,20,22,25,27-28,33,36H,1,13-14,19,21,23H2,2-5H3,(H,42,44)(H,45,49)(H,46,51). The van der Waals surface area contributed by atoms with Gasteiger partial charge in [0.15, 0.2) is 0 Å². The van der Waals surface area contributed by atoms with Crippen molar-refractivity contribution in [2.24, 2.45) is 11.3 Å². The van der Waals surface area contributed by atoms with E-state index in [1.165, 1.54) is 23.2 Å². The number of anilines is 1. The fourth-order valence-electron chi connectivity index (χ4n) is 7.35. The third kappa shape index (κ3) is 8.03. The summed E-state index contributed by atoms with van der Waals surface area (Å²) in [4.78, 5) is 64.4. The van der Waals surface area contributed by atoms with Crippen LogP contribution in [0.3, 0.4) is 0 Å². The molecule has 16 nitrogen and oxygen atoms in total. The number of nitro groups is 1. The number of likely N-dealkylation sites (tertiary alicyclic amines) is 1. The van der Waals surface area contributed by atoms with Crippen LogP contribution in [-0.2, 0) is 24.4 Å². The predicted molar refractivity (Wildman–Crippen MR) is 215 cm³/mol.